The van der Waals surface area contributed by atoms with Crippen LogP contribution in [-0.2, 0) is 9.84 Å². The maximum atomic E-state index is 12.9. The monoisotopic (exact) mass is 461 g/mol. The van der Waals surface area contributed by atoms with Crippen molar-refractivity contribution in [2.45, 2.75) is 42.0 Å². The fourth-order valence-corrected chi connectivity index (χ4v) is 5.58. The number of hydrogen-bond acceptors (Lipinski definition) is 9. The van der Waals surface area contributed by atoms with Gasteiger partial charge in [0.15, 0.2) is 10.9 Å². The van der Waals surface area contributed by atoms with Crippen molar-refractivity contribution in [2.24, 2.45) is 5.92 Å². The van der Waals surface area contributed by atoms with Crippen molar-refractivity contribution in [3.63, 3.8) is 0 Å². The zero-order chi connectivity index (χ0) is 22.0. The first-order valence-corrected chi connectivity index (χ1v) is 11.8. The summed E-state index contributed by atoms with van der Waals surface area (Å²) in [6, 6.07) is 4.63. The lowest BCUT2D eigenvalue weighted by atomic mass is 9.94. The molecule has 1 fully saturated rings. The van der Waals surface area contributed by atoms with E-state index in [0.29, 0.717) is 11.3 Å². The molecule has 4 rings (SSSR count). The molecule has 31 heavy (non-hydrogen) atoms. The summed E-state index contributed by atoms with van der Waals surface area (Å²) in [5.41, 5.74) is 1.79. The minimum Gasteiger partial charge on any atom is -0.307 e. The van der Waals surface area contributed by atoms with Gasteiger partial charge in [0, 0.05) is 11.5 Å². The average molecular weight is 462 g/mol. The van der Waals surface area contributed by atoms with Gasteiger partial charge in [-0.15, -0.1) is 0 Å². The number of aryl methyl sites for hydroxylation is 1. The van der Waals surface area contributed by atoms with Crippen LogP contribution >= 0.6 is 11.3 Å². The van der Waals surface area contributed by atoms with E-state index in [1.54, 1.807) is 18.2 Å². The second-order valence-electron chi connectivity index (χ2n) is 7.17. The normalized spacial score (nSPS) is 14.5. The number of aromatic nitrogens is 5. The lowest BCUT2D eigenvalue weighted by molar-refractivity contribution is 0.0923. The molecule has 0 aliphatic heterocycles. The first-order chi connectivity index (χ1) is 14.8. The largest absolute Gasteiger partial charge is 0.325 e. The molecule has 1 aliphatic rings. The second kappa shape index (κ2) is 8.51. The van der Waals surface area contributed by atoms with E-state index in [1.807, 2.05) is 6.92 Å². The molecule has 1 aliphatic carbocycles. The van der Waals surface area contributed by atoms with Crippen molar-refractivity contribution in [3.8, 4) is 0 Å². The summed E-state index contributed by atoms with van der Waals surface area (Å²) in [6.07, 6.45) is 4.89. The van der Waals surface area contributed by atoms with Crippen LogP contribution < -0.4 is 10.6 Å². The minimum atomic E-state index is -3.95. The van der Waals surface area contributed by atoms with Crippen LogP contribution in [0, 0.1) is 12.8 Å². The fraction of sp³-hybridized carbons (Fsp3) is 0.333. The van der Waals surface area contributed by atoms with Crippen LogP contribution in [-0.4, -0.2) is 45.8 Å². The quantitative estimate of drug-likeness (QED) is 0.472. The Morgan fingerprint density at radius 2 is 1.97 bits per heavy atom. The highest BCUT2D eigenvalue weighted by Crippen LogP contribution is 2.31. The molecule has 0 spiro atoms. The van der Waals surface area contributed by atoms with E-state index in [2.05, 4.69) is 36.2 Å². The Morgan fingerprint density at radius 3 is 2.68 bits per heavy atom. The first kappa shape index (κ1) is 21.1. The number of anilines is 2. The van der Waals surface area contributed by atoms with Gasteiger partial charge in [-0.3, -0.25) is 10.1 Å². The molecular weight excluding hydrogens is 442 g/mol. The van der Waals surface area contributed by atoms with Gasteiger partial charge in [-0.25, -0.2) is 23.3 Å². The van der Waals surface area contributed by atoms with Crippen LogP contribution in [0.25, 0.3) is 0 Å². The number of nitrogens with one attached hydrogen (secondary N) is 3. The van der Waals surface area contributed by atoms with Crippen LogP contribution in [0.5, 0.6) is 0 Å². The molecule has 2 amide bonds. The number of sulfone groups is 1. The Hall–Kier alpha value is -3.19. The number of amides is 2. The molecule has 0 bridgehead atoms. The standard InChI is InChI=1S/C18H19N7O4S2/c1-10-6-7-13(12(8-10)15(26)11-4-2-3-5-11)20-16(27)21-17-19-9-14(30-17)31(28,29)18-22-24-25-23-18/h6-9,11H,2-5H2,1H3,(H2,19,20,21,27)(H,22,23,24,25). The number of benzene rings is 1. The molecule has 3 aromatic rings. The first-order valence-electron chi connectivity index (χ1n) is 9.52. The molecule has 0 unspecified atom stereocenters. The molecule has 2 aromatic heterocycles. The van der Waals surface area contributed by atoms with Crippen molar-refractivity contribution in [2.75, 3.05) is 10.6 Å². The van der Waals surface area contributed by atoms with Gasteiger partial charge >= 0.3 is 6.03 Å². The molecule has 2 heterocycles. The number of carbonyl (C=O) groups is 2. The average Bonchev–Trinajstić information content (AvgIpc) is 3.50. The SMILES string of the molecule is Cc1ccc(NC(=O)Nc2ncc(S(=O)(=O)c3nnn[nH]3)s2)c(C(=O)C2CCCC2)c1. The third kappa shape index (κ3) is 4.46. The zero-order valence-corrected chi connectivity index (χ0v) is 18.1. The number of H-pyrrole nitrogens is 1. The predicted molar refractivity (Wildman–Crippen MR) is 112 cm³/mol. The zero-order valence-electron chi connectivity index (χ0n) is 16.5. The summed E-state index contributed by atoms with van der Waals surface area (Å²) in [6.45, 7) is 1.89. The smallest absolute Gasteiger partial charge is 0.307 e. The molecule has 13 heteroatoms. The Bertz CT molecular complexity index is 1220. The highest BCUT2D eigenvalue weighted by atomic mass is 32.2. The number of ketones is 1. The van der Waals surface area contributed by atoms with Crippen LogP contribution in [0.1, 0.15) is 41.6 Å². The summed E-state index contributed by atoms with van der Waals surface area (Å²) in [5.74, 6) is 0.00233. The highest BCUT2D eigenvalue weighted by molar-refractivity contribution is 7.93. The third-order valence-corrected chi connectivity index (χ3v) is 7.90. The van der Waals surface area contributed by atoms with Crippen molar-refractivity contribution >= 4 is 43.8 Å². The van der Waals surface area contributed by atoms with E-state index >= 15 is 0 Å². The van der Waals surface area contributed by atoms with Gasteiger partial charge in [-0.05, 0) is 42.3 Å². The number of nitrogens with zero attached hydrogens (tertiary/aromatic N) is 4. The van der Waals surface area contributed by atoms with Gasteiger partial charge < -0.3 is 5.32 Å². The Morgan fingerprint density at radius 1 is 1.19 bits per heavy atom. The maximum absolute atomic E-state index is 12.9. The molecule has 11 nitrogen and oxygen atoms in total. The van der Waals surface area contributed by atoms with Gasteiger partial charge in [-0.1, -0.05) is 40.9 Å². The molecule has 3 N–H and O–H groups in total. The predicted octanol–water partition coefficient (Wildman–Crippen LogP) is 2.81. The number of urea groups is 1. The Kier molecular flexibility index (Phi) is 5.78. The van der Waals surface area contributed by atoms with E-state index in [0.717, 1.165) is 48.8 Å². The second-order valence-corrected chi connectivity index (χ2v) is 10.3. The molecule has 0 radical (unpaired) electrons. The number of hydrogen-bond donors (Lipinski definition) is 3. The topological polar surface area (TPSA) is 160 Å². The van der Waals surface area contributed by atoms with Gasteiger partial charge in [-0.2, -0.15) is 0 Å². The number of rotatable bonds is 6. The molecule has 0 atom stereocenters. The minimum absolute atomic E-state index is 0.0253. The summed E-state index contributed by atoms with van der Waals surface area (Å²) in [7, 11) is -3.95. The van der Waals surface area contributed by atoms with E-state index < -0.39 is 21.0 Å². The summed E-state index contributed by atoms with van der Waals surface area (Å²) in [4.78, 5) is 29.3. The van der Waals surface area contributed by atoms with Gasteiger partial charge in [0.25, 0.3) is 15.0 Å². The van der Waals surface area contributed by atoms with Gasteiger partial charge in [0.1, 0.15) is 4.21 Å². The molecule has 0 saturated heterocycles. The summed E-state index contributed by atoms with van der Waals surface area (Å²) in [5, 5.41) is 16.9. The third-order valence-electron chi connectivity index (χ3n) is 4.96. The van der Waals surface area contributed by atoms with Crippen LogP contribution in [0.4, 0.5) is 15.6 Å². The van der Waals surface area contributed by atoms with Gasteiger partial charge in [0.05, 0.1) is 11.9 Å². The van der Waals surface area contributed by atoms with Crippen LogP contribution in [0.15, 0.2) is 33.8 Å². The number of carbonyl (C=O) groups excluding carboxylic acids is 2. The van der Waals surface area contributed by atoms with E-state index in [9.17, 15) is 18.0 Å². The molecule has 162 valence electrons. The number of tetrazole rings is 1. The Labute approximate surface area is 181 Å². The van der Waals surface area contributed by atoms with Crippen molar-refractivity contribution < 1.29 is 18.0 Å². The maximum Gasteiger partial charge on any atom is 0.325 e. The lowest BCUT2D eigenvalue weighted by Crippen LogP contribution is -2.22. The summed E-state index contributed by atoms with van der Waals surface area (Å²) < 4.78 is 24.7. The van der Waals surface area contributed by atoms with Crippen molar-refractivity contribution in [3.05, 3.63) is 35.5 Å². The van der Waals surface area contributed by atoms with Crippen molar-refractivity contribution in [1.29, 1.82) is 0 Å². The number of Topliss-reactive ketones (excluding diaryl/α,β-unsaturated/α-hetero) is 1. The van der Waals surface area contributed by atoms with Crippen LogP contribution in [0.2, 0.25) is 0 Å². The number of aromatic amines is 1. The van der Waals surface area contributed by atoms with Crippen molar-refractivity contribution in [1.82, 2.24) is 25.6 Å². The van der Waals surface area contributed by atoms with E-state index in [-0.39, 0.29) is 21.0 Å². The van der Waals surface area contributed by atoms with Gasteiger partial charge in [0.2, 0.25) is 0 Å². The molecule has 1 saturated carbocycles. The van der Waals surface area contributed by atoms with Crippen LogP contribution in [0.3, 0.4) is 0 Å². The lowest BCUT2D eigenvalue weighted by Gasteiger charge is -2.14. The Balaban J connectivity index is 1.49. The molecule has 1 aromatic carbocycles. The number of thiazole rings is 1. The fourth-order valence-electron chi connectivity index (χ4n) is 3.43. The van der Waals surface area contributed by atoms with E-state index in [1.165, 1.54) is 0 Å². The highest BCUT2D eigenvalue weighted by Gasteiger charge is 2.27. The van der Waals surface area contributed by atoms with E-state index in [4.69, 9.17) is 0 Å². The molecular formula is C18H19N7O4S2. The summed E-state index contributed by atoms with van der Waals surface area (Å²) >= 11 is 0.757.